The van der Waals surface area contributed by atoms with Gasteiger partial charge in [0.1, 0.15) is 0 Å². The van der Waals surface area contributed by atoms with Crippen LogP contribution in [-0.2, 0) is 14.3 Å². The highest BCUT2D eigenvalue weighted by Gasteiger charge is 2.22. The Bertz CT molecular complexity index is 254. The average Bonchev–Trinajstić information content (AvgIpc) is 1.76. The smallest absolute Gasteiger partial charge is 0.266 e. The fourth-order valence-corrected chi connectivity index (χ4v) is 1.25. The lowest BCUT2D eigenvalue weighted by atomic mass is 10.7. The van der Waals surface area contributed by atoms with Crippen LogP contribution < -0.4 is 0 Å². The Morgan fingerprint density at radius 2 is 2.00 bits per heavy atom. The molecule has 3 nitrogen and oxygen atoms in total. The molecule has 0 bridgehead atoms. The van der Waals surface area contributed by atoms with Gasteiger partial charge in [-0.05, 0) is 12.2 Å². The van der Waals surface area contributed by atoms with Crippen molar-refractivity contribution in [3.05, 3.63) is 11.8 Å². The van der Waals surface area contributed by atoms with Crippen LogP contribution in [0.2, 0.25) is 6.55 Å². The van der Waals surface area contributed by atoms with E-state index in [2.05, 4.69) is 4.18 Å². The summed E-state index contributed by atoms with van der Waals surface area (Å²) in [6.07, 6.45) is 1.88. The van der Waals surface area contributed by atoms with Crippen LogP contribution in [0.1, 0.15) is 0 Å². The van der Waals surface area contributed by atoms with Crippen LogP contribution in [0, 0.1) is 0 Å². The Morgan fingerprint density at radius 3 is 2.33 bits per heavy atom. The molecule has 0 aliphatic rings. The predicted octanol–water partition coefficient (Wildman–Crippen LogP) is 1.07. The molecular formula is C5H10F2O3SSi. The number of halogens is 2. The van der Waals surface area contributed by atoms with Crippen LogP contribution in [-0.4, -0.2) is 30.0 Å². The van der Waals surface area contributed by atoms with E-state index in [1.807, 2.05) is 0 Å². The van der Waals surface area contributed by atoms with Crippen LogP contribution in [0.3, 0.4) is 0 Å². The molecule has 0 amide bonds. The van der Waals surface area contributed by atoms with Gasteiger partial charge in [-0.1, -0.05) is 6.08 Å². The highest BCUT2D eigenvalue weighted by atomic mass is 32.2. The fraction of sp³-hybridized carbons (Fsp3) is 0.600. The topological polar surface area (TPSA) is 43.4 Å². The summed E-state index contributed by atoms with van der Waals surface area (Å²) in [6.45, 7) is 0.513. The van der Waals surface area contributed by atoms with Crippen molar-refractivity contribution in [2.24, 2.45) is 0 Å². The van der Waals surface area contributed by atoms with Gasteiger partial charge in [0.2, 0.25) is 0 Å². The number of hydrogen-bond donors (Lipinski definition) is 0. The van der Waals surface area contributed by atoms with Gasteiger partial charge in [0.25, 0.3) is 10.1 Å². The summed E-state index contributed by atoms with van der Waals surface area (Å²) in [7, 11) is -7.73. The van der Waals surface area contributed by atoms with Gasteiger partial charge in [0.05, 0.1) is 12.9 Å². The first-order valence-corrected chi connectivity index (χ1v) is 7.25. The molecular weight excluding hydrogens is 206 g/mol. The zero-order valence-corrected chi connectivity index (χ0v) is 8.57. The zero-order chi connectivity index (χ0) is 9.83. The molecule has 7 heteroatoms. The molecule has 0 spiro atoms. The van der Waals surface area contributed by atoms with E-state index in [0.29, 0.717) is 0 Å². The lowest BCUT2D eigenvalue weighted by molar-refractivity contribution is 0.361. The number of hydrogen-bond acceptors (Lipinski definition) is 3. The van der Waals surface area contributed by atoms with Crippen LogP contribution in [0.15, 0.2) is 11.8 Å². The van der Waals surface area contributed by atoms with E-state index in [1.165, 1.54) is 0 Å². The first-order valence-electron chi connectivity index (χ1n) is 3.11. The Balaban J connectivity index is 3.80. The van der Waals surface area contributed by atoms with E-state index in [9.17, 15) is 16.6 Å². The van der Waals surface area contributed by atoms with Gasteiger partial charge in [0.15, 0.2) is 0 Å². The van der Waals surface area contributed by atoms with Gasteiger partial charge in [-0.25, -0.2) is 0 Å². The van der Waals surface area contributed by atoms with Crippen molar-refractivity contribution in [3.63, 3.8) is 0 Å². The summed E-state index contributed by atoms with van der Waals surface area (Å²) < 4.78 is 49.2. The largest absolute Gasteiger partial charge is 0.445 e. The van der Waals surface area contributed by atoms with Crippen LogP contribution in [0.5, 0.6) is 0 Å². The van der Waals surface area contributed by atoms with Crippen molar-refractivity contribution in [1.29, 1.82) is 0 Å². The zero-order valence-electron chi connectivity index (χ0n) is 6.75. The SMILES string of the molecule is C[Si](F)(F)/C=C/COS(C)(=O)=O. The molecule has 0 saturated carbocycles. The molecule has 0 unspecified atom stereocenters. The van der Waals surface area contributed by atoms with Gasteiger partial charge < -0.3 is 0 Å². The second-order valence-electron chi connectivity index (χ2n) is 2.35. The van der Waals surface area contributed by atoms with E-state index in [-0.39, 0.29) is 6.61 Å². The lowest BCUT2D eigenvalue weighted by Crippen LogP contribution is -2.12. The maximum absolute atomic E-state index is 12.2. The Labute approximate surface area is 71.5 Å². The Morgan fingerprint density at radius 1 is 1.50 bits per heavy atom. The third-order valence-corrected chi connectivity index (χ3v) is 2.17. The summed E-state index contributed by atoms with van der Waals surface area (Å²) in [5.74, 6) is 0. The molecule has 12 heavy (non-hydrogen) atoms. The third kappa shape index (κ3) is 9.73. The van der Waals surface area contributed by atoms with Gasteiger partial charge in [-0.2, -0.15) is 8.42 Å². The molecule has 0 aliphatic carbocycles. The predicted molar refractivity (Wildman–Crippen MR) is 43.8 cm³/mol. The van der Waals surface area contributed by atoms with E-state index in [1.54, 1.807) is 0 Å². The number of rotatable bonds is 4. The molecule has 0 aromatic carbocycles. The maximum Gasteiger partial charge on any atom is 0.445 e. The molecule has 0 N–H and O–H groups in total. The molecule has 0 rings (SSSR count). The van der Waals surface area contributed by atoms with Crippen LogP contribution in [0.4, 0.5) is 8.22 Å². The summed E-state index contributed by atoms with van der Waals surface area (Å²) in [6, 6.07) is 0. The molecule has 0 aromatic rings. The van der Waals surface area contributed by atoms with Gasteiger partial charge >= 0.3 is 8.74 Å². The van der Waals surface area contributed by atoms with Gasteiger partial charge in [-0.15, -0.1) is 0 Å². The highest BCUT2D eigenvalue weighted by Crippen LogP contribution is 2.06. The van der Waals surface area contributed by atoms with E-state index in [4.69, 9.17) is 0 Å². The first-order chi connectivity index (χ1) is 5.21. The highest BCUT2D eigenvalue weighted by molar-refractivity contribution is 7.85. The lowest BCUT2D eigenvalue weighted by Gasteiger charge is -1.98. The van der Waals surface area contributed by atoms with E-state index < -0.39 is 18.9 Å². The molecule has 0 aromatic heterocycles. The second kappa shape index (κ2) is 4.10. The van der Waals surface area contributed by atoms with Gasteiger partial charge in [-0.3, -0.25) is 12.4 Å². The molecule has 0 aliphatic heterocycles. The fourth-order valence-electron chi connectivity index (χ4n) is 0.418. The minimum Gasteiger partial charge on any atom is -0.266 e. The maximum atomic E-state index is 12.2. The molecule has 0 saturated heterocycles. The third-order valence-electron chi connectivity index (χ3n) is 0.789. The van der Waals surface area contributed by atoms with Crippen LogP contribution in [0.25, 0.3) is 0 Å². The monoisotopic (exact) mass is 216 g/mol. The minimum atomic E-state index is -4.21. The molecule has 72 valence electrons. The van der Waals surface area contributed by atoms with Crippen LogP contribution >= 0.6 is 0 Å². The van der Waals surface area contributed by atoms with Crippen molar-refractivity contribution in [3.8, 4) is 0 Å². The molecule has 0 heterocycles. The van der Waals surface area contributed by atoms with Crippen molar-refractivity contribution in [2.75, 3.05) is 12.9 Å². The Hall–Kier alpha value is -0.273. The first kappa shape index (κ1) is 11.7. The van der Waals surface area contributed by atoms with Gasteiger partial charge in [0, 0.05) is 0 Å². The summed E-state index contributed by atoms with van der Waals surface area (Å²) in [5.41, 5.74) is 0.720. The molecule has 0 radical (unpaired) electrons. The van der Waals surface area contributed by atoms with E-state index >= 15 is 0 Å². The van der Waals surface area contributed by atoms with Crippen molar-refractivity contribution >= 4 is 18.9 Å². The van der Waals surface area contributed by atoms with Crippen molar-refractivity contribution in [2.45, 2.75) is 6.55 Å². The Kier molecular flexibility index (Phi) is 4.01. The average molecular weight is 216 g/mol. The van der Waals surface area contributed by atoms with Crippen molar-refractivity contribution < 1.29 is 20.8 Å². The van der Waals surface area contributed by atoms with Crippen molar-refractivity contribution in [1.82, 2.24) is 0 Å². The molecule has 0 fully saturated rings. The van der Waals surface area contributed by atoms with E-state index in [0.717, 1.165) is 24.6 Å². The summed E-state index contributed by atoms with van der Waals surface area (Å²) in [5, 5.41) is 0. The quantitative estimate of drug-likeness (QED) is 0.401. The standard InChI is InChI=1S/C5H10F2O3SSi/c1-11(8,9)10-4-3-5-12(2,6)7/h3,5H,4H2,1-2H3/b5-3+. The summed E-state index contributed by atoms with van der Waals surface area (Å²) in [4.78, 5) is 0. The molecule has 0 atom stereocenters. The normalized spacial score (nSPS) is 14.0. The summed E-state index contributed by atoms with van der Waals surface area (Å²) >= 11 is 0. The minimum absolute atomic E-state index is 0.324. The second-order valence-corrected chi connectivity index (χ2v) is 6.24.